The van der Waals surface area contributed by atoms with Crippen molar-refractivity contribution >= 4 is 28.4 Å². The summed E-state index contributed by atoms with van der Waals surface area (Å²) in [6.45, 7) is 3.40. The number of hydrogen-bond donors (Lipinski definition) is 2. The van der Waals surface area contributed by atoms with Crippen molar-refractivity contribution in [3.05, 3.63) is 63.7 Å². The normalized spacial score (nSPS) is 11.5. The van der Waals surface area contributed by atoms with Crippen molar-refractivity contribution in [3.8, 4) is 6.07 Å². The van der Waals surface area contributed by atoms with Crippen LogP contribution in [0.25, 0.3) is 0 Å². The average molecular weight is 442 g/mol. The number of thiazole rings is 1. The Morgan fingerprint density at radius 3 is 2.81 bits per heavy atom. The summed E-state index contributed by atoms with van der Waals surface area (Å²) in [5.74, 6) is -0.443. The number of rotatable bonds is 6. The van der Waals surface area contributed by atoms with Crippen LogP contribution in [0.5, 0.6) is 0 Å². The van der Waals surface area contributed by atoms with E-state index in [-0.39, 0.29) is 17.5 Å². The molecule has 9 nitrogen and oxygen atoms in total. The van der Waals surface area contributed by atoms with Crippen molar-refractivity contribution < 1.29 is 18.5 Å². The lowest BCUT2D eigenvalue weighted by Gasteiger charge is -2.21. The Morgan fingerprint density at radius 1 is 1.39 bits per heavy atom. The summed E-state index contributed by atoms with van der Waals surface area (Å²) in [6.07, 6.45) is 0. The van der Waals surface area contributed by atoms with Crippen LogP contribution in [0.15, 0.2) is 34.2 Å². The summed E-state index contributed by atoms with van der Waals surface area (Å²) in [6, 6.07) is 6.44. The molecule has 0 aliphatic rings. The Bertz CT molecular complexity index is 1130. The predicted molar refractivity (Wildman–Crippen MR) is 111 cm³/mol. The van der Waals surface area contributed by atoms with Crippen LogP contribution >= 0.6 is 11.3 Å². The van der Waals surface area contributed by atoms with E-state index in [0.717, 1.165) is 11.3 Å². The molecule has 2 heterocycles. The Balaban J connectivity index is 1.64. The van der Waals surface area contributed by atoms with Crippen LogP contribution in [0.3, 0.4) is 0 Å². The Labute approximate surface area is 181 Å². The highest BCUT2D eigenvalue weighted by Crippen LogP contribution is 2.26. The third-order valence-corrected chi connectivity index (χ3v) is 5.22. The number of benzene rings is 1. The van der Waals surface area contributed by atoms with E-state index >= 15 is 0 Å². The molecule has 0 spiro atoms. The van der Waals surface area contributed by atoms with Crippen LogP contribution < -0.4 is 10.6 Å². The van der Waals surface area contributed by atoms with Crippen molar-refractivity contribution in [2.75, 3.05) is 12.4 Å². The van der Waals surface area contributed by atoms with Crippen LogP contribution in [-0.4, -0.2) is 34.0 Å². The van der Waals surface area contributed by atoms with Gasteiger partial charge in [0.25, 0.3) is 5.91 Å². The number of anilines is 1. The number of nitrogens with one attached hydrogen (secondary N) is 2. The van der Waals surface area contributed by atoms with Crippen LogP contribution in [0.2, 0.25) is 0 Å². The number of nitrogens with zero attached hydrogens (tertiary/aromatic N) is 4. The second-order valence-corrected chi connectivity index (χ2v) is 7.52. The molecule has 0 aliphatic carbocycles. The number of urea groups is 1. The van der Waals surface area contributed by atoms with Gasteiger partial charge >= 0.3 is 6.03 Å². The number of amides is 3. The van der Waals surface area contributed by atoms with Gasteiger partial charge in [-0.2, -0.15) is 5.26 Å². The maximum atomic E-state index is 13.2. The quantitative estimate of drug-likeness (QED) is 0.602. The topological polar surface area (TPSA) is 124 Å². The van der Waals surface area contributed by atoms with E-state index in [9.17, 15) is 19.2 Å². The predicted octanol–water partition coefficient (Wildman–Crippen LogP) is 3.55. The van der Waals surface area contributed by atoms with Crippen LogP contribution in [0.4, 0.5) is 14.3 Å². The van der Waals surface area contributed by atoms with Gasteiger partial charge in [-0.3, -0.25) is 10.1 Å². The van der Waals surface area contributed by atoms with E-state index < -0.39 is 18.0 Å². The van der Waals surface area contributed by atoms with Gasteiger partial charge in [-0.05, 0) is 31.5 Å². The second-order valence-electron chi connectivity index (χ2n) is 6.66. The molecule has 1 unspecified atom stereocenters. The van der Waals surface area contributed by atoms with Gasteiger partial charge in [0.1, 0.15) is 17.1 Å². The second kappa shape index (κ2) is 9.36. The van der Waals surface area contributed by atoms with E-state index in [2.05, 4.69) is 26.8 Å². The van der Waals surface area contributed by atoms with Crippen molar-refractivity contribution in [3.63, 3.8) is 0 Å². The fourth-order valence-electron chi connectivity index (χ4n) is 2.87. The van der Waals surface area contributed by atoms with Gasteiger partial charge in [0, 0.05) is 19.0 Å². The first kappa shape index (κ1) is 21.9. The maximum Gasteiger partial charge on any atom is 0.321 e. The molecule has 2 aromatic heterocycles. The molecule has 1 aromatic carbocycles. The molecule has 0 aliphatic heterocycles. The fourth-order valence-corrected chi connectivity index (χ4v) is 3.60. The number of hydrogen-bond acceptors (Lipinski definition) is 7. The molecule has 0 bridgehead atoms. The molecule has 1 atom stereocenters. The smallest absolute Gasteiger partial charge is 0.321 e. The monoisotopic (exact) mass is 442 g/mol. The van der Waals surface area contributed by atoms with Gasteiger partial charge in [-0.15, -0.1) is 11.3 Å². The minimum absolute atomic E-state index is 0.136. The van der Waals surface area contributed by atoms with Gasteiger partial charge in [0.15, 0.2) is 11.2 Å². The molecule has 0 radical (unpaired) electrons. The number of halogens is 1. The number of aryl methyl sites for hydroxylation is 2. The highest BCUT2D eigenvalue weighted by molar-refractivity contribution is 7.13. The summed E-state index contributed by atoms with van der Waals surface area (Å²) >= 11 is 1.12. The molecule has 160 valence electrons. The highest BCUT2D eigenvalue weighted by Gasteiger charge is 2.28. The molecular formula is C20H19FN6O3S. The van der Waals surface area contributed by atoms with Crippen molar-refractivity contribution in [1.29, 1.82) is 5.26 Å². The van der Waals surface area contributed by atoms with Crippen LogP contribution in [0.1, 0.15) is 39.1 Å². The van der Waals surface area contributed by atoms with E-state index in [1.54, 1.807) is 31.4 Å². The van der Waals surface area contributed by atoms with Gasteiger partial charge in [0.2, 0.25) is 0 Å². The van der Waals surface area contributed by atoms with Gasteiger partial charge in [-0.1, -0.05) is 17.3 Å². The molecule has 2 N–H and O–H groups in total. The average Bonchev–Trinajstić information content (AvgIpc) is 3.32. The minimum Gasteiger partial charge on any atom is -0.361 e. The van der Waals surface area contributed by atoms with E-state index in [1.165, 1.54) is 24.1 Å². The lowest BCUT2D eigenvalue weighted by Crippen LogP contribution is -2.31. The van der Waals surface area contributed by atoms with E-state index in [0.29, 0.717) is 28.3 Å². The highest BCUT2D eigenvalue weighted by atomic mass is 32.1. The molecule has 11 heteroatoms. The van der Waals surface area contributed by atoms with Crippen molar-refractivity contribution in [1.82, 2.24) is 20.4 Å². The summed E-state index contributed by atoms with van der Waals surface area (Å²) in [5, 5.41) is 20.4. The lowest BCUT2D eigenvalue weighted by molar-refractivity contribution is 0.0759. The van der Waals surface area contributed by atoms with Crippen molar-refractivity contribution in [2.45, 2.75) is 26.4 Å². The zero-order valence-corrected chi connectivity index (χ0v) is 17.8. The third-order valence-electron chi connectivity index (χ3n) is 4.44. The maximum absolute atomic E-state index is 13.2. The molecule has 0 fully saturated rings. The van der Waals surface area contributed by atoms with E-state index in [4.69, 9.17) is 4.52 Å². The molecule has 31 heavy (non-hydrogen) atoms. The summed E-state index contributed by atoms with van der Waals surface area (Å²) in [7, 11) is 1.49. The number of nitriles is 1. The number of carbonyl (C=O) groups is 2. The Hall–Kier alpha value is -3.78. The SMILES string of the molecule is Cc1noc(C)c1C(=O)N(C)C(C#N)c1csc(NC(=O)NCc2cccc(F)c2)n1. The fraction of sp³-hybridized carbons (Fsp3) is 0.250. The van der Waals surface area contributed by atoms with Crippen LogP contribution in [-0.2, 0) is 6.54 Å². The molecule has 0 saturated carbocycles. The summed E-state index contributed by atoms with van der Waals surface area (Å²) in [5.41, 5.74) is 1.66. The standard InChI is InChI=1S/C20H19FN6O3S/c1-11-17(12(2)30-26-11)18(28)27(3)16(8-22)15-10-31-20(24-15)25-19(29)23-9-13-5-4-6-14(21)7-13/h4-7,10,16H,9H2,1-3H3,(H2,23,24,25,29). The third kappa shape index (κ3) is 5.04. The van der Waals surface area contributed by atoms with Crippen LogP contribution in [0, 0.1) is 31.0 Å². The van der Waals surface area contributed by atoms with Crippen molar-refractivity contribution in [2.24, 2.45) is 0 Å². The number of aromatic nitrogens is 2. The molecule has 3 aromatic rings. The van der Waals surface area contributed by atoms with Gasteiger partial charge in [0.05, 0.1) is 17.5 Å². The summed E-state index contributed by atoms with van der Waals surface area (Å²) < 4.78 is 18.2. The molecular weight excluding hydrogens is 423 g/mol. The van der Waals surface area contributed by atoms with E-state index in [1.807, 2.05) is 0 Å². The van der Waals surface area contributed by atoms with Gasteiger partial charge in [-0.25, -0.2) is 14.2 Å². The zero-order chi connectivity index (χ0) is 22.5. The largest absolute Gasteiger partial charge is 0.361 e. The lowest BCUT2D eigenvalue weighted by atomic mass is 10.1. The zero-order valence-electron chi connectivity index (χ0n) is 17.0. The first-order valence-corrected chi connectivity index (χ1v) is 10.0. The molecule has 3 amide bonds. The Morgan fingerprint density at radius 2 is 2.16 bits per heavy atom. The molecule has 3 rings (SSSR count). The van der Waals surface area contributed by atoms with Gasteiger partial charge < -0.3 is 14.7 Å². The number of carbonyl (C=O) groups excluding carboxylic acids is 2. The minimum atomic E-state index is -0.969. The Kier molecular flexibility index (Phi) is 6.61. The summed E-state index contributed by atoms with van der Waals surface area (Å²) in [4.78, 5) is 30.4. The first-order chi connectivity index (χ1) is 14.8. The molecule has 0 saturated heterocycles. The first-order valence-electron chi connectivity index (χ1n) is 9.14.